The maximum Gasteiger partial charge on any atom is 0.308 e. The zero-order chi connectivity index (χ0) is 22.8. The third-order valence-electron chi connectivity index (χ3n) is 7.22. The van der Waals surface area contributed by atoms with E-state index in [9.17, 15) is 9.59 Å². The summed E-state index contributed by atoms with van der Waals surface area (Å²) in [5.41, 5.74) is 1.11. The summed E-state index contributed by atoms with van der Waals surface area (Å²) in [4.78, 5) is 26.8. The molecule has 0 bridgehead atoms. The number of benzene rings is 2. The first-order chi connectivity index (χ1) is 15.4. The van der Waals surface area contributed by atoms with E-state index in [1.54, 1.807) is 7.11 Å². The minimum Gasteiger partial charge on any atom is -0.427 e. The fourth-order valence-electron chi connectivity index (χ4n) is 5.70. The van der Waals surface area contributed by atoms with Crippen molar-refractivity contribution in [3.05, 3.63) is 65.7 Å². The van der Waals surface area contributed by atoms with Gasteiger partial charge in [-0.1, -0.05) is 30.3 Å². The van der Waals surface area contributed by atoms with Crippen molar-refractivity contribution >= 4 is 11.9 Å². The summed E-state index contributed by atoms with van der Waals surface area (Å²) in [7, 11) is 3.93. The fraction of sp³-hybridized carbons (Fsp3) is 0.462. The van der Waals surface area contributed by atoms with E-state index in [2.05, 4.69) is 23.3 Å². The van der Waals surface area contributed by atoms with Crippen LogP contribution in [-0.2, 0) is 14.9 Å². The first kappa shape index (κ1) is 22.5. The van der Waals surface area contributed by atoms with Crippen LogP contribution in [0.25, 0.3) is 0 Å². The maximum atomic E-state index is 12.9. The number of nitrogens with zero attached hydrogens (tertiary/aromatic N) is 1. The number of carbonyl (C=O) groups is 2. The lowest BCUT2D eigenvalue weighted by Gasteiger charge is -2.59. The molecule has 6 nitrogen and oxygen atoms in total. The van der Waals surface area contributed by atoms with Gasteiger partial charge < -0.3 is 19.7 Å². The zero-order valence-electron chi connectivity index (χ0n) is 19.1. The number of likely N-dealkylation sites (tertiary alicyclic amines) is 1. The normalized spacial score (nSPS) is 27.9. The van der Waals surface area contributed by atoms with E-state index in [1.165, 1.54) is 6.92 Å². The molecule has 2 unspecified atom stereocenters. The molecule has 1 heterocycles. The van der Waals surface area contributed by atoms with Gasteiger partial charge in [-0.25, -0.2) is 0 Å². The molecule has 170 valence electrons. The first-order valence-corrected chi connectivity index (χ1v) is 11.3. The van der Waals surface area contributed by atoms with Crippen LogP contribution in [0.3, 0.4) is 0 Å². The highest BCUT2D eigenvalue weighted by Crippen LogP contribution is 2.53. The van der Waals surface area contributed by atoms with Crippen LogP contribution in [-0.4, -0.2) is 55.7 Å². The average molecular weight is 437 g/mol. The van der Waals surface area contributed by atoms with E-state index in [1.807, 2.05) is 48.5 Å². The Morgan fingerprint density at radius 3 is 2.59 bits per heavy atom. The molecular weight excluding hydrogens is 404 g/mol. The Labute approximate surface area is 189 Å². The molecule has 4 rings (SSSR count). The molecule has 1 aliphatic heterocycles. The minimum absolute atomic E-state index is 0.0340. The number of ether oxygens (including phenoxy) is 2. The predicted octanol–water partition coefficient (Wildman–Crippen LogP) is 3.55. The van der Waals surface area contributed by atoms with Crippen LogP contribution in [0.5, 0.6) is 5.75 Å². The van der Waals surface area contributed by atoms with Crippen molar-refractivity contribution in [2.75, 3.05) is 27.2 Å². The third kappa shape index (κ3) is 4.17. The van der Waals surface area contributed by atoms with Crippen LogP contribution in [0.15, 0.2) is 54.6 Å². The standard InChI is InChI=1S/C26H32N2O4/c1-19(29)32-23-11-7-10-21(16-23)25-14-15-28(2)18-26(25,31-3)13-12-22(17-25)27-24(30)20-8-5-4-6-9-20/h4-11,16,22H,12-15,17-18H2,1-3H3,(H,27,30)/t22-,25?,26?/m0/s1. The van der Waals surface area contributed by atoms with Gasteiger partial charge in [0.05, 0.1) is 5.60 Å². The molecule has 6 heteroatoms. The smallest absolute Gasteiger partial charge is 0.308 e. The highest BCUT2D eigenvalue weighted by atomic mass is 16.5. The third-order valence-corrected chi connectivity index (χ3v) is 7.22. The van der Waals surface area contributed by atoms with Crippen LogP contribution < -0.4 is 10.1 Å². The van der Waals surface area contributed by atoms with E-state index in [0.29, 0.717) is 11.3 Å². The molecule has 0 spiro atoms. The van der Waals surface area contributed by atoms with Crippen molar-refractivity contribution in [3.8, 4) is 5.75 Å². The van der Waals surface area contributed by atoms with Crippen LogP contribution in [0.1, 0.15) is 48.5 Å². The van der Waals surface area contributed by atoms with Crippen LogP contribution in [0, 0.1) is 0 Å². The predicted molar refractivity (Wildman–Crippen MR) is 123 cm³/mol. The SMILES string of the molecule is COC12CC[C@H](NC(=O)c3ccccc3)CC1(c1cccc(OC(C)=O)c1)CCN(C)C2. The van der Waals surface area contributed by atoms with Gasteiger partial charge in [-0.3, -0.25) is 9.59 Å². The van der Waals surface area contributed by atoms with E-state index in [-0.39, 0.29) is 28.9 Å². The molecule has 0 aromatic heterocycles. The Morgan fingerprint density at radius 2 is 1.88 bits per heavy atom. The minimum atomic E-state index is -0.372. The van der Waals surface area contributed by atoms with Crippen LogP contribution in [0.4, 0.5) is 0 Å². The van der Waals surface area contributed by atoms with E-state index in [4.69, 9.17) is 9.47 Å². The Balaban J connectivity index is 1.68. The molecule has 3 atom stereocenters. The summed E-state index contributed by atoms with van der Waals surface area (Å²) in [5, 5.41) is 3.27. The number of carbonyl (C=O) groups excluding carboxylic acids is 2. The highest BCUT2D eigenvalue weighted by molar-refractivity contribution is 5.94. The molecule has 1 saturated heterocycles. The van der Waals surface area contributed by atoms with Gasteiger partial charge >= 0.3 is 5.97 Å². The lowest BCUT2D eigenvalue weighted by Crippen LogP contribution is -2.67. The largest absolute Gasteiger partial charge is 0.427 e. The summed E-state index contributed by atoms with van der Waals surface area (Å²) in [6, 6.07) is 17.2. The monoisotopic (exact) mass is 436 g/mol. The van der Waals surface area contributed by atoms with Crippen LogP contribution >= 0.6 is 0 Å². The highest BCUT2D eigenvalue weighted by Gasteiger charge is 2.58. The molecule has 2 aromatic carbocycles. The molecule has 1 saturated carbocycles. The Bertz CT molecular complexity index is 979. The second-order valence-corrected chi connectivity index (χ2v) is 9.17. The molecule has 1 aliphatic carbocycles. The Morgan fingerprint density at radius 1 is 1.09 bits per heavy atom. The fourth-order valence-corrected chi connectivity index (χ4v) is 5.70. The Hall–Kier alpha value is -2.70. The quantitative estimate of drug-likeness (QED) is 0.574. The van der Waals surface area contributed by atoms with Gasteiger partial charge in [-0.2, -0.15) is 0 Å². The van der Waals surface area contributed by atoms with Gasteiger partial charge in [-0.15, -0.1) is 0 Å². The summed E-state index contributed by atoms with van der Waals surface area (Å²) >= 11 is 0. The number of rotatable bonds is 5. The molecule has 32 heavy (non-hydrogen) atoms. The van der Waals surface area contributed by atoms with Gasteiger partial charge in [0.2, 0.25) is 0 Å². The van der Waals surface area contributed by atoms with E-state index >= 15 is 0 Å². The van der Waals surface area contributed by atoms with Crippen molar-refractivity contribution in [1.82, 2.24) is 10.2 Å². The molecular formula is C26H32N2O4. The summed E-state index contributed by atoms with van der Waals surface area (Å²) in [6.07, 6.45) is 3.37. The molecule has 2 fully saturated rings. The number of fused-ring (bicyclic) bond motifs is 1. The van der Waals surface area contributed by atoms with Crippen molar-refractivity contribution in [2.24, 2.45) is 0 Å². The number of methoxy groups -OCH3 is 1. The summed E-state index contributed by atoms with van der Waals surface area (Å²) in [5.74, 6) is 0.165. The first-order valence-electron chi connectivity index (χ1n) is 11.3. The van der Waals surface area contributed by atoms with Crippen molar-refractivity contribution < 1.29 is 19.1 Å². The van der Waals surface area contributed by atoms with Gasteiger partial charge in [0, 0.05) is 37.6 Å². The van der Waals surface area contributed by atoms with Crippen molar-refractivity contribution in [2.45, 2.75) is 49.7 Å². The summed E-state index contributed by atoms with van der Waals surface area (Å²) < 4.78 is 11.7. The second kappa shape index (κ2) is 9.04. The zero-order valence-corrected chi connectivity index (χ0v) is 19.1. The maximum absolute atomic E-state index is 12.9. The number of likely N-dealkylation sites (N-methyl/N-ethyl adjacent to an activating group) is 1. The van der Waals surface area contributed by atoms with Crippen molar-refractivity contribution in [3.63, 3.8) is 0 Å². The number of esters is 1. The van der Waals surface area contributed by atoms with Gasteiger partial charge in [0.15, 0.2) is 0 Å². The van der Waals surface area contributed by atoms with Gasteiger partial charge in [0.1, 0.15) is 5.75 Å². The second-order valence-electron chi connectivity index (χ2n) is 9.17. The number of amides is 1. The Kier molecular flexibility index (Phi) is 6.35. The molecule has 2 aromatic rings. The number of hydrogen-bond donors (Lipinski definition) is 1. The lowest BCUT2D eigenvalue weighted by molar-refractivity contribution is -0.144. The van der Waals surface area contributed by atoms with Gasteiger partial charge in [-0.05, 0) is 69.1 Å². The van der Waals surface area contributed by atoms with E-state index < -0.39 is 0 Å². The average Bonchev–Trinajstić information content (AvgIpc) is 2.79. The van der Waals surface area contributed by atoms with Gasteiger partial charge in [0.25, 0.3) is 5.91 Å². The lowest BCUT2D eigenvalue weighted by atomic mass is 9.55. The van der Waals surface area contributed by atoms with Crippen LogP contribution in [0.2, 0.25) is 0 Å². The topological polar surface area (TPSA) is 67.9 Å². The summed E-state index contributed by atoms with van der Waals surface area (Å²) in [6.45, 7) is 3.17. The molecule has 0 radical (unpaired) electrons. The molecule has 1 N–H and O–H groups in total. The number of piperidine rings is 1. The van der Waals surface area contributed by atoms with E-state index in [0.717, 1.165) is 44.3 Å². The molecule has 1 amide bonds. The number of nitrogens with one attached hydrogen (secondary N) is 1. The number of hydrogen-bond acceptors (Lipinski definition) is 5. The molecule has 2 aliphatic rings. The van der Waals surface area contributed by atoms with Crippen molar-refractivity contribution in [1.29, 1.82) is 0 Å².